The molecule has 0 radical (unpaired) electrons. The van der Waals surface area contributed by atoms with Crippen LogP contribution in [0.15, 0.2) is 48.7 Å². The number of carbonyl (C=O) groups excluding carboxylic acids is 1. The number of carbonyl (C=O) groups is 1. The zero-order chi connectivity index (χ0) is 17.3. The molecule has 3 aromatic rings. The Bertz CT molecular complexity index is 1010. The first kappa shape index (κ1) is 15.4. The number of para-hydroxylation sites is 1. The van der Waals surface area contributed by atoms with Crippen LogP contribution in [0.25, 0.3) is 16.7 Å². The highest BCUT2D eigenvalue weighted by molar-refractivity contribution is 6.03. The van der Waals surface area contributed by atoms with Crippen LogP contribution in [0.5, 0.6) is 0 Å². The van der Waals surface area contributed by atoms with E-state index >= 15 is 0 Å². The number of aromatic nitrogens is 3. The van der Waals surface area contributed by atoms with Gasteiger partial charge < -0.3 is 5.32 Å². The highest BCUT2D eigenvalue weighted by Crippen LogP contribution is 2.23. The van der Waals surface area contributed by atoms with Gasteiger partial charge in [-0.2, -0.15) is 15.0 Å². The molecule has 6 heteroatoms. The number of pyridine rings is 1. The molecule has 2 aromatic heterocycles. The number of aryl methyl sites for hydroxylation is 1. The Morgan fingerprint density at radius 2 is 2.12 bits per heavy atom. The smallest absolute Gasteiger partial charge is 0.251 e. The molecular weight excluding hydrogens is 302 g/mol. The van der Waals surface area contributed by atoms with Gasteiger partial charge in [0.05, 0.1) is 11.7 Å². The summed E-state index contributed by atoms with van der Waals surface area (Å²) < 4.78 is 1.46. The number of nitrogens with one attached hydrogen (secondary N) is 1. The van der Waals surface area contributed by atoms with Crippen LogP contribution in [0.3, 0.4) is 0 Å². The molecular formula is C18H15N5O. The van der Waals surface area contributed by atoms with E-state index in [1.54, 1.807) is 6.92 Å². The average molecular weight is 317 g/mol. The molecule has 6 nitrogen and oxygen atoms in total. The van der Waals surface area contributed by atoms with Crippen molar-refractivity contribution in [3.63, 3.8) is 0 Å². The van der Waals surface area contributed by atoms with Crippen molar-refractivity contribution >= 4 is 22.6 Å². The third-order valence-electron chi connectivity index (χ3n) is 3.64. The number of anilines is 1. The Labute approximate surface area is 139 Å². The van der Waals surface area contributed by atoms with Gasteiger partial charge in [-0.15, -0.1) is 0 Å². The maximum Gasteiger partial charge on any atom is 0.251 e. The minimum Gasteiger partial charge on any atom is -0.306 e. The lowest BCUT2D eigenvalue weighted by Gasteiger charge is -2.11. The van der Waals surface area contributed by atoms with Gasteiger partial charge in [-0.05, 0) is 31.5 Å². The van der Waals surface area contributed by atoms with E-state index in [0.717, 1.165) is 16.5 Å². The molecule has 0 saturated heterocycles. The fraction of sp³-hybridized carbons (Fsp3) is 0.111. The molecule has 0 aliphatic heterocycles. The van der Waals surface area contributed by atoms with Crippen LogP contribution in [-0.2, 0) is 4.79 Å². The number of fused-ring (bicyclic) bond motifs is 1. The van der Waals surface area contributed by atoms with E-state index < -0.39 is 0 Å². The minimum absolute atomic E-state index is 0.261. The summed E-state index contributed by atoms with van der Waals surface area (Å²) in [5, 5.41) is 17.2. The number of hydrogen-bond acceptors (Lipinski definition) is 4. The maximum absolute atomic E-state index is 12.0. The summed E-state index contributed by atoms with van der Waals surface area (Å²) >= 11 is 0. The second kappa shape index (κ2) is 5.97. The van der Waals surface area contributed by atoms with Crippen molar-refractivity contribution in [1.29, 1.82) is 5.26 Å². The summed E-state index contributed by atoms with van der Waals surface area (Å²) in [6, 6.07) is 11.7. The van der Waals surface area contributed by atoms with Gasteiger partial charge in [0.2, 0.25) is 0 Å². The van der Waals surface area contributed by atoms with E-state index in [2.05, 4.69) is 22.0 Å². The zero-order valence-electron chi connectivity index (χ0n) is 13.4. The number of benzene rings is 1. The molecule has 0 saturated carbocycles. The van der Waals surface area contributed by atoms with Crippen LogP contribution in [0.1, 0.15) is 18.1 Å². The van der Waals surface area contributed by atoms with E-state index in [-0.39, 0.29) is 17.3 Å². The van der Waals surface area contributed by atoms with Crippen molar-refractivity contribution < 1.29 is 4.79 Å². The number of hydrogen-bond donors (Lipinski definition) is 1. The first-order valence-electron chi connectivity index (χ1n) is 7.33. The van der Waals surface area contributed by atoms with Gasteiger partial charge in [-0.3, -0.25) is 4.79 Å². The first-order chi connectivity index (χ1) is 11.5. The Morgan fingerprint density at radius 1 is 1.38 bits per heavy atom. The summed E-state index contributed by atoms with van der Waals surface area (Å²) in [4.78, 5) is 16.5. The molecule has 0 aliphatic carbocycles. The van der Waals surface area contributed by atoms with Crippen molar-refractivity contribution in [2.24, 2.45) is 0 Å². The number of nitrogens with zero attached hydrogens (tertiary/aromatic N) is 4. The van der Waals surface area contributed by atoms with E-state index in [1.165, 1.54) is 10.9 Å². The van der Waals surface area contributed by atoms with Gasteiger partial charge in [0.1, 0.15) is 11.6 Å². The molecule has 0 unspecified atom stereocenters. The van der Waals surface area contributed by atoms with Gasteiger partial charge in [-0.1, -0.05) is 24.8 Å². The standard InChI is InChI=1S/C18H15N5O/c1-11(2)18(24)22-17-13(9-19)10-20-23(17)16-8-12(3)14-6-4-5-7-15(14)21-16/h4-8,10H,1H2,2-3H3,(H,22,24). The fourth-order valence-corrected chi connectivity index (χ4v) is 2.38. The Balaban J connectivity index is 2.16. The molecule has 118 valence electrons. The molecule has 3 rings (SSSR count). The lowest BCUT2D eigenvalue weighted by atomic mass is 10.1. The summed E-state index contributed by atoms with van der Waals surface area (Å²) in [7, 11) is 0. The van der Waals surface area contributed by atoms with Gasteiger partial charge in [0, 0.05) is 11.0 Å². The predicted octanol–water partition coefficient (Wildman–Crippen LogP) is 3.12. The fourth-order valence-electron chi connectivity index (χ4n) is 2.38. The summed E-state index contributed by atoms with van der Waals surface area (Å²) in [5.41, 5.74) is 2.45. The number of amides is 1. The van der Waals surface area contributed by atoms with Crippen molar-refractivity contribution in [2.45, 2.75) is 13.8 Å². The molecule has 1 aromatic carbocycles. The minimum atomic E-state index is -0.370. The van der Waals surface area contributed by atoms with E-state index in [1.807, 2.05) is 43.3 Å². The highest BCUT2D eigenvalue weighted by atomic mass is 16.1. The van der Waals surface area contributed by atoms with Crippen molar-refractivity contribution in [3.05, 3.63) is 59.8 Å². The van der Waals surface area contributed by atoms with Gasteiger partial charge in [0.15, 0.2) is 11.6 Å². The number of rotatable bonds is 3. The second-order valence-corrected chi connectivity index (χ2v) is 5.48. The van der Waals surface area contributed by atoms with E-state index in [0.29, 0.717) is 11.4 Å². The molecule has 1 N–H and O–H groups in total. The van der Waals surface area contributed by atoms with E-state index in [9.17, 15) is 10.1 Å². The third-order valence-corrected chi connectivity index (χ3v) is 3.64. The number of nitriles is 1. The van der Waals surface area contributed by atoms with Crippen molar-refractivity contribution in [3.8, 4) is 11.9 Å². The van der Waals surface area contributed by atoms with Crippen LogP contribution in [-0.4, -0.2) is 20.7 Å². The predicted molar refractivity (Wildman–Crippen MR) is 91.8 cm³/mol. The van der Waals surface area contributed by atoms with Gasteiger partial charge in [-0.25, -0.2) is 4.98 Å². The summed E-state index contributed by atoms with van der Waals surface area (Å²) in [5.74, 6) is 0.447. The molecule has 1 amide bonds. The van der Waals surface area contributed by atoms with Crippen LogP contribution in [0.2, 0.25) is 0 Å². The molecule has 24 heavy (non-hydrogen) atoms. The van der Waals surface area contributed by atoms with Crippen LogP contribution in [0, 0.1) is 18.3 Å². The zero-order valence-corrected chi connectivity index (χ0v) is 13.4. The largest absolute Gasteiger partial charge is 0.306 e. The molecule has 0 bridgehead atoms. The Morgan fingerprint density at radius 3 is 2.83 bits per heavy atom. The topological polar surface area (TPSA) is 83.6 Å². The van der Waals surface area contributed by atoms with Crippen LogP contribution < -0.4 is 5.32 Å². The van der Waals surface area contributed by atoms with Crippen molar-refractivity contribution in [1.82, 2.24) is 14.8 Å². The molecule has 0 atom stereocenters. The maximum atomic E-state index is 12.0. The normalized spacial score (nSPS) is 10.4. The highest BCUT2D eigenvalue weighted by Gasteiger charge is 2.17. The SMILES string of the molecule is C=C(C)C(=O)Nc1c(C#N)cnn1-c1cc(C)c2ccccc2n1. The van der Waals surface area contributed by atoms with Crippen molar-refractivity contribution in [2.75, 3.05) is 5.32 Å². The molecule has 2 heterocycles. The van der Waals surface area contributed by atoms with Crippen LogP contribution >= 0.6 is 0 Å². The van der Waals surface area contributed by atoms with E-state index in [4.69, 9.17) is 0 Å². The van der Waals surface area contributed by atoms with Gasteiger partial charge in [0.25, 0.3) is 5.91 Å². The van der Waals surface area contributed by atoms with Crippen LogP contribution in [0.4, 0.5) is 5.82 Å². The lowest BCUT2D eigenvalue weighted by molar-refractivity contribution is -0.112. The Hall–Kier alpha value is -3.46. The summed E-state index contributed by atoms with van der Waals surface area (Å²) in [6.07, 6.45) is 1.40. The third kappa shape index (κ3) is 2.63. The quantitative estimate of drug-likeness (QED) is 0.752. The molecule has 0 fully saturated rings. The molecule has 0 aliphatic rings. The Kier molecular flexibility index (Phi) is 3.84. The lowest BCUT2D eigenvalue weighted by Crippen LogP contribution is -2.16. The summed E-state index contributed by atoms with van der Waals surface area (Å²) in [6.45, 7) is 7.19. The second-order valence-electron chi connectivity index (χ2n) is 5.48. The average Bonchev–Trinajstić information content (AvgIpc) is 2.97. The monoisotopic (exact) mass is 317 g/mol. The first-order valence-corrected chi connectivity index (χ1v) is 7.33. The van der Waals surface area contributed by atoms with Gasteiger partial charge >= 0.3 is 0 Å². The molecule has 0 spiro atoms.